The molecule has 0 bridgehead atoms. The summed E-state index contributed by atoms with van der Waals surface area (Å²) in [5.41, 5.74) is 2.17. The number of benzene rings is 2. The summed E-state index contributed by atoms with van der Waals surface area (Å²) >= 11 is 0. The molecular weight excluding hydrogens is 304 g/mol. The summed E-state index contributed by atoms with van der Waals surface area (Å²) in [5, 5.41) is 2.85. The molecule has 0 saturated carbocycles. The maximum Gasteiger partial charge on any atom is 0.254 e. The van der Waals surface area contributed by atoms with Gasteiger partial charge in [0, 0.05) is 24.3 Å². The Kier molecular flexibility index (Phi) is 5.23. The van der Waals surface area contributed by atoms with Crippen LogP contribution in [-0.4, -0.2) is 43.0 Å². The fourth-order valence-corrected chi connectivity index (χ4v) is 2.67. The van der Waals surface area contributed by atoms with E-state index in [2.05, 4.69) is 5.32 Å². The Morgan fingerprint density at radius 3 is 2.50 bits per heavy atom. The third-order valence-electron chi connectivity index (χ3n) is 3.90. The summed E-state index contributed by atoms with van der Waals surface area (Å²) in [5.74, 6) is -0.130. The summed E-state index contributed by atoms with van der Waals surface area (Å²) in [4.78, 5) is 26.4. The van der Waals surface area contributed by atoms with Gasteiger partial charge < -0.3 is 15.0 Å². The van der Waals surface area contributed by atoms with E-state index in [9.17, 15) is 9.59 Å². The highest BCUT2D eigenvalue weighted by atomic mass is 16.5. The lowest BCUT2D eigenvalue weighted by Crippen LogP contribution is -2.40. The van der Waals surface area contributed by atoms with E-state index >= 15 is 0 Å². The molecule has 124 valence electrons. The molecule has 3 rings (SSSR count). The molecule has 1 aliphatic rings. The predicted molar refractivity (Wildman–Crippen MR) is 91.9 cm³/mol. The smallest absolute Gasteiger partial charge is 0.254 e. The number of ether oxygens (including phenoxy) is 1. The minimum Gasteiger partial charge on any atom is -0.378 e. The highest BCUT2D eigenvalue weighted by molar-refractivity contribution is 5.97. The molecule has 1 fully saturated rings. The van der Waals surface area contributed by atoms with E-state index in [4.69, 9.17) is 4.74 Å². The van der Waals surface area contributed by atoms with Crippen LogP contribution in [0.3, 0.4) is 0 Å². The molecule has 5 heteroatoms. The second-order valence-electron chi connectivity index (χ2n) is 5.70. The molecule has 2 aromatic carbocycles. The van der Waals surface area contributed by atoms with Crippen molar-refractivity contribution < 1.29 is 14.3 Å². The van der Waals surface area contributed by atoms with Crippen LogP contribution in [0, 0.1) is 0 Å². The van der Waals surface area contributed by atoms with Crippen LogP contribution in [0.1, 0.15) is 15.9 Å². The number of amides is 2. The Balaban J connectivity index is 1.64. The largest absolute Gasteiger partial charge is 0.378 e. The normalized spacial score (nSPS) is 14.2. The van der Waals surface area contributed by atoms with Crippen LogP contribution in [0.25, 0.3) is 0 Å². The van der Waals surface area contributed by atoms with Crippen molar-refractivity contribution in [3.63, 3.8) is 0 Å². The van der Waals surface area contributed by atoms with Crippen LogP contribution in [0.5, 0.6) is 0 Å². The number of rotatable bonds is 4. The molecule has 5 nitrogen and oxygen atoms in total. The minimum atomic E-state index is -0.0998. The Bertz CT molecular complexity index is 710. The second-order valence-corrected chi connectivity index (χ2v) is 5.70. The minimum absolute atomic E-state index is 0.0301. The van der Waals surface area contributed by atoms with Gasteiger partial charge in [-0.3, -0.25) is 9.59 Å². The first-order chi connectivity index (χ1) is 11.7. The summed E-state index contributed by atoms with van der Waals surface area (Å²) in [7, 11) is 0. The maximum atomic E-state index is 12.5. The number of anilines is 1. The Hall–Kier alpha value is -2.66. The fourth-order valence-electron chi connectivity index (χ4n) is 2.67. The van der Waals surface area contributed by atoms with E-state index in [1.165, 1.54) is 0 Å². The van der Waals surface area contributed by atoms with Crippen LogP contribution >= 0.6 is 0 Å². The molecule has 0 radical (unpaired) electrons. The monoisotopic (exact) mass is 324 g/mol. The number of hydrogen-bond acceptors (Lipinski definition) is 3. The van der Waals surface area contributed by atoms with Crippen molar-refractivity contribution in [2.24, 2.45) is 0 Å². The zero-order chi connectivity index (χ0) is 16.8. The fraction of sp³-hybridized carbons (Fsp3) is 0.263. The Labute approximate surface area is 141 Å². The van der Waals surface area contributed by atoms with Crippen molar-refractivity contribution in [2.75, 3.05) is 31.6 Å². The van der Waals surface area contributed by atoms with Gasteiger partial charge in [0.05, 0.1) is 19.6 Å². The van der Waals surface area contributed by atoms with Gasteiger partial charge in [0.2, 0.25) is 5.91 Å². The number of morpholine rings is 1. The predicted octanol–water partition coefficient (Wildman–Crippen LogP) is 2.34. The summed E-state index contributed by atoms with van der Waals surface area (Å²) < 4.78 is 5.27. The van der Waals surface area contributed by atoms with Gasteiger partial charge in [0.25, 0.3) is 5.91 Å². The van der Waals surface area contributed by atoms with E-state index in [1.807, 2.05) is 30.3 Å². The quantitative estimate of drug-likeness (QED) is 0.939. The molecule has 1 heterocycles. The molecule has 1 saturated heterocycles. The molecule has 2 aromatic rings. The Morgan fingerprint density at radius 2 is 1.75 bits per heavy atom. The van der Waals surface area contributed by atoms with E-state index < -0.39 is 0 Å². The molecule has 0 atom stereocenters. The highest BCUT2D eigenvalue weighted by Crippen LogP contribution is 2.14. The molecule has 1 aliphatic heterocycles. The first-order valence-electron chi connectivity index (χ1n) is 8.03. The second kappa shape index (κ2) is 7.75. The maximum absolute atomic E-state index is 12.5. The van der Waals surface area contributed by atoms with E-state index in [0.29, 0.717) is 44.0 Å². The Morgan fingerprint density at radius 1 is 1.00 bits per heavy atom. The zero-order valence-corrected chi connectivity index (χ0v) is 13.4. The molecule has 0 spiro atoms. The average molecular weight is 324 g/mol. The molecule has 1 N–H and O–H groups in total. The third kappa shape index (κ3) is 4.20. The van der Waals surface area contributed by atoms with Crippen molar-refractivity contribution in [3.05, 3.63) is 65.7 Å². The van der Waals surface area contributed by atoms with Gasteiger partial charge in [-0.1, -0.05) is 36.4 Å². The lowest BCUT2D eigenvalue weighted by molar-refractivity contribution is -0.115. The first-order valence-corrected chi connectivity index (χ1v) is 8.03. The van der Waals surface area contributed by atoms with Crippen molar-refractivity contribution in [3.8, 4) is 0 Å². The van der Waals surface area contributed by atoms with Gasteiger partial charge in [0.1, 0.15) is 0 Å². The van der Waals surface area contributed by atoms with E-state index in [-0.39, 0.29) is 11.8 Å². The molecular formula is C19H20N2O3. The van der Waals surface area contributed by atoms with E-state index in [1.54, 1.807) is 29.2 Å². The molecule has 0 unspecified atom stereocenters. The van der Waals surface area contributed by atoms with Crippen LogP contribution in [-0.2, 0) is 16.0 Å². The number of nitrogens with one attached hydrogen (secondary N) is 1. The van der Waals surface area contributed by atoms with Crippen LogP contribution in [0.2, 0.25) is 0 Å². The highest BCUT2D eigenvalue weighted by Gasteiger charge is 2.18. The van der Waals surface area contributed by atoms with Crippen molar-refractivity contribution in [1.29, 1.82) is 0 Å². The molecule has 0 aliphatic carbocycles. The average Bonchev–Trinajstić information content (AvgIpc) is 2.63. The standard InChI is InChI=1S/C19H20N2O3/c22-18(13-15-5-2-1-3-6-15)20-17-8-4-7-16(14-17)19(23)21-9-11-24-12-10-21/h1-8,14H,9-13H2,(H,20,22). The van der Waals surface area contributed by atoms with Crippen LogP contribution in [0.4, 0.5) is 5.69 Å². The SMILES string of the molecule is O=C(Cc1ccccc1)Nc1cccc(C(=O)N2CCOCC2)c1. The van der Waals surface area contributed by atoms with Crippen molar-refractivity contribution in [1.82, 2.24) is 4.90 Å². The lowest BCUT2D eigenvalue weighted by atomic mass is 10.1. The van der Waals surface area contributed by atoms with Crippen LogP contribution in [0.15, 0.2) is 54.6 Å². The van der Waals surface area contributed by atoms with E-state index in [0.717, 1.165) is 5.56 Å². The number of hydrogen-bond donors (Lipinski definition) is 1. The zero-order valence-electron chi connectivity index (χ0n) is 13.4. The number of carbonyl (C=O) groups is 2. The number of nitrogens with zero attached hydrogens (tertiary/aromatic N) is 1. The van der Waals surface area contributed by atoms with Gasteiger partial charge >= 0.3 is 0 Å². The van der Waals surface area contributed by atoms with Gasteiger partial charge in [-0.05, 0) is 23.8 Å². The summed E-state index contributed by atoms with van der Waals surface area (Å²) in [6, 6.07) is 16.6. The van der Waals surface area contributed by atoms with Gasteiger partial charge in [-0.2, -0.15) is 0 Å². The molecule has 2 amide bonds. The third-order valence-corrected chi connectivity index (χ3v) is 3.90. The molecule has 0 aromatic heterocycles. The summed E-state index contributed by atoms with van der Waals surface area (Å²) in [6.07, 6.45) is 0.308. The van der Waals surface area contributed by atoms with Crippen LogP contribution < -0.4 is 5.32 Å². The lowest BCUT2D eigenvalue weighted by Gasteiger charge is -2.27. The van der Waals surface area contributed by atoms with Gasteiger partial charge in [0.15, 0.2) is 0 Å². The molecule has 24 heavy (non-hydrogen) atoms. The number of carbonyl (C=O) groups excluding carboxylic acids is 2. The summed E-state index contributed by atoms with van der Waals surface area (Å²) in [6.45, 7) is 2.34. The first kappa shape index (κ1) is 16.2. The van der Waals surface area contributed by atoms with Crippen molar-refractivity contribution in [2.45, 2.75) is 6.42 Å². The topological polar surface area (TPSA) is 58.6 Å². The van der Waals surface area contributed by atoms with Crippen molar-refractivity contribution >= 4 is 17.5 Å². The van der Waals surface area contributed by atoms with Gasteiger partial charge in [-0.15, -0.1) is 0 Å². The van der Waals surface area contributed by atoms with Gasteiger partial charge in [-0.25, -0.2) is 0 Å².